The van der Waals surface area contributed by atoms with E-state index in [2.05, 4.69) is 15.0 Å². The van der Waals surface area contributed by atoms with Gasteiger partial charge in [-0.05, 0) is 31.9 Å². The standard InChI is InChI=1S/C20H24N6O4S/c1-4-31(28,29)23-13-8-14-11-26(20(27)25(14)10-13)19-17-15(6-5-7-16(17)30-22-19)18-12(2)9-21-24(18)3/h5-7,9,13-14,23H,4,8,10-11H2,1-3H3/t13-,14-/m0/s1. The molecular formula is C20H24N6O4S. The van der Waals surface area contributed by atoms with Gasteiger partial charge in [-0.1, -0.05) is 17.3 Å². The van der Waals surface area contributed by atoms with Crippen LogP contribution in [0.25, 0.3) is 22.2 Å². The van der Waals surface area contributed by atoms with Gasteiger partial charge in [-0.2, -0.15) is 5.10 Å². The lowest BCUT2D eigenvalue weighted by molar-refractivity contribution is 0.218. The van der Waals surface area contributed by atoms with E-state index in [1.807, 2.05) is 32.2 Å². The third-order valence-electron chi connectivity index (χ3n) is 6.12. The van der Waals surface area contributed by atoms with Crippen molar-refractivity contribution in [2.75, 3.05) is 23.7 Å². The van der Waals surface area contributed by atoms with E-state index in [0.29, 0.717) is 30.9 Å². The molecule has 0 bridgehead atoms. The van der Waals surface area contributed by atoms with Gasteiger partial charge in [0.25, 0.3) is 0 Å². The molecule has 31 heavy (non-hydrogen) atoms. The second-order valence-corrected chi connectivity index (χ2v) is 10.2. The van der Waals surface area contributed by atoms with Gasteiger partial charge in [-0.3, -0.25) is 9.58 Å². The summed E-state index contributed by atoms with van der Waals surface area (Å²) in [7, 11) is -1.44. The highest BCUT2D eigenvalue weighted by atomic mass is 32.2. The molecule has 2 saturated heterocycles. The normalized spacial score (nSPS) is 21.5. The number of aryl methyl sites for hydroxylation is 2. The van der Waals surface area contributed by atoms with Gasteiger partial charge in [0.1, 0.15) is 0 Å². The summed E-state index contributed by atoms with van der Waals surface area (Å²) in [5.74, 6) is 0.506. The van der Waals surface area contributed by atoms with Gasteiger partial charge in [0.2, 0.25) is 10.0 Å². The Hall–Kier alpha value is -2.92. The number of rotatable bonds is 5. The first-order chi connectivity index (χ1) is 14.8. The first kappa shape index (κ1) is 20.0. The quantitative estimate of drug-likeness (QED) is 0.643. The Kier molecular flexibility index (Phi) is 4.56. The molecule has 2 aromatic heterocycles. The number of benzene rings is 1. The molecule has 2 fully saturated rings. The number of hydrogen-bond acceptors (Lipinski definition) is 6. The molecule has 0 saturated carbocycles. The molecule has 11 heteroatoms. The van der Waals surface area contributed by atoms with E-state index in [9.17, 15) is 13.2 Å². The first-order valence-electron chi connectivity index (χ1n) is 10.2. The van der Waals surface area contributed by atoms with Crippen molar-refractivity contribution in [2.45, 2.75) is 32.4 Å². The monoisotopic (exact) mass is 444 g/mol. The van der Waals surface area contributed by atoms with Crippen LogP contribution in [0, 0.1) is 6.92 Å². The Labute approximate surface area is 179 Å². The average Bonchev–Trinajstić information content (AvgIpc) is 3.47. The van der Waals surface area contributed by atoms with Gasteiger partial charge in [-0.25, -0.2) is 17.9 Å². The topological polar surface area (TPSA) is 114 Å². The minimum absolute atomic E-state index is 0.0232. The van der Waals surface area contributed by atoms with Gasteiger partial charge < -0.3 is 9.42 Å². The van der Waals surface area contributed by atoms with E-state index in [0.717, 1.165) is 22.2 Å². The highest BCUT2D eigenvalue weighted by molar-refractivity contribution is 7.89. The average molecular weight is 445 g/mol. The van der Waals surface area contributed by atoms with Gasteiger partial charge in [0.05, 0.1) is 29.1 Å². The number of nitrogens with one attached hydrogen (secondary N) is 1. The highest BCUT2D eigenvalue weighted by Gasteiger charge is 2.46. The fourth-order valence-corrected chi connectivity index (χ4v) is 5.50. The Bertz CT molecular complexity index is 1260. The van der Waals surface area contributed by atoms with E-state index < -0.39 is 10.0 Å². The maximum Gasteiger partial charge on any atom is 0.326 e. The molecule has 1 aromatic carbocycles. The SMILES string of the molecule is CCS(=O)(=O)N[C@H]1C[C@H]2CN(c3noc4cccc(-c5c(C)cnn5C)c34)C(=O)N2C1. The van der Waals surface area contributed by atoms with Crippen LogP contribution >= 0.6 is 0 Å². The van der Waals surface area contributed by atoms with Gasteiger partial charge in [-0.15, -0.1) is 0 Å². The molecule has 164 valence electrons. The predicted molar refractivity (Wildman–Crippen MR) is 115 cm³/mol. The van der Waals surface area contributed by atoms with Crippen LogP contribution in [0.2, 0.25) is 0 Å². The van der Waals surface area contributed by atoms with Crippen LogP contribution in [0.1, 0.15) is 18.9 Å². The number of nitrogens with zero attached hydrogens (tertiary/aromatic N) is 5. The fourth-order valence-electron chi connectivity index (χ4n) is 4.66. The number of carbonyl (C=O) groups excluding carboxylic acids is 1. The maximum absolute atomic E-state index is 13.2. The summed E-state index contributed by atoms with van der Waals surface area (Å²) < 4.78 is 33.9. The van der Waals surface area contributed by atoms with Crippen molar-refractivity contribution < 1.29 is 17.7 Å². The summed E-state index contributed by atoms with van der Waals surface area (Å²) in [5, 5.41) is 9.35. The molecule has 3 aromatic rings. The molecule has 5 rings (SSSR count). The van der Waals surface area contributed by atoms with E-state index in [1.165, 1.54) is 0 Å². The van der Waals surface area contributed by atoms with Crippen LogP contribution in [0.5, 0.6) is 0 Å². The zero-order valence-corrected chi connectivity index (χ0v) is 18.4. The zero-order valence-electron chi connectivity index (χ0n) is 17.6. The largest absolute Gasteiger partial charge is 0.354 e. The van der Waals surface area contributed by atoms with E-state index >= 15 is 0 Å². The van der Waals surface area contributed by atoms with Crippen molar-refractivity contribution in [1.29, 1.82) is 0 Å². The number of amides is 2. The Morgan fingerprint density at radius 3 is 2.77 bits per heavy atom. The second-order valence-electron chi connectivity index (χ2n) is 8.14. The lowest BCUT2D eigenvalue weighted by atomic mass is 10.0. The second kappa shape index (κ2) is 7.06. The molecule has 0 spiro atoms. The van der Waals surface area contributed by atoms with Crippen LogP contribution in [0.15, 0.2) is 28.9 Å². The zero-order chi connectivity index (χ0) is 21.9. The number of aromatic nitrogens is 3. The summed E-state index contributed by atoms with van der Waals surface area (Å²) in [6.07, 6.45) is 2.38. The van der Waals surface area contributed by atoms with Crippen molar-refractivity contribution >= 4 is 32.8 Å². The molecule has 0 aliphatic carbocycles. The Balaban J connectivity index is 1.48. The number of hydrogen-bond donors (Lipinski definition) is 1. The van der Waals surface area contributed by atoms with E-state index in [-0.39, 0.29) is 23.9 Å². The molecule has 2 aliphatic rings. The minimum atomic E-state index is -3.31. The Morgan fingerprint density at radius 1 is 1.29 bits per heavy atom. The number of carbonyl (C=O) groups is 1. The van der Waals surface area contributed by atoms with Crippen molar-refractivity contribution in [3.63, 3.8) is 0 Å². The van der Waals surface area contributed by atoms with Crippen LogP contribution in [-0.2, 0) is 17.1 Å². The lowest BCUT2D eigenvalue weighted by Gasteiger charge is -2.18. The number of sulfonamides is 1. The van der Waals surface area contributed by atoms with Gasteiger partial charge >= 0.3 is 6.03 Å². The summed E-state index contributed by atoms with van der Waals surface area (Å²) in [6.45, 7) is 4.37. The summed E-state index contributed by atoms with van der Waals surface area (Å²) in [6, 6.07) is 5.18. The number of urea groups is 1. The van der Waals surface area contributed by atoms with Crippen LogP contribution < -0.4 is 9.62 Å². The molecule has 2 atom stereocenters. The fraction of sp³-hybridized carbons (Fsp3) is 0.450. The number of anilines is 1. The molecule has 0 radical (unpaired) electrons. The smallest absolute Gasteiger partial charge is 0.326 e. The third-order valence-corrected chi connectivity index (χ3v) is 7.58. The molecule has 4 heterocycles. The first-order valence-corrected chi connectivity index (χ1v) is 11.9. The lowest BCUT2D eigenvalue weighted by Crippen LogP contribution is -2.41. The Morgan fingerprint density at radius 2 is 2.10 bits per heavy atom. The van der Waals surface area contributed by atoms with Crippen molar-refractivity contribution in [3.8, 4) is 11.3 Å². The van der Waals surface area contributed by atoms with Crippen LogP contribution in [0.3, 0.4) is 0 Å². The summed E-state index contributed by atoms with van der Waals surface area (Å²) in [4.78, 5) is 16.6. The molecule has 2 aliphatic heterocycles. The molecule has 1 N–H and O–H groups in total. The highest BCUT2D eigenvalue weighted by Crippen LogP contribution is 2.39. The molecular weight excluding hydrogens is 420 g/mol. The summed E-state index contributed by atoms with van der Waals surface area (Å²) in [5.41, 5.74) is 3.46. The van der Waals surface area contributed by atoms with E-state index in [4.69, 9.17) is 4.52 Å². The number of fused-ring (bicyclic) bond motifs is 2. The van der Waals surface area contributed by atoms with Crippen LogP contribution in [0.4, 0.5) is 10.6 Å². The van der Waals surface area contributed by atoms with Crippen molar-refractivity contribution in [1.82, 2.24) is 24.6 Å². The minimum Gasteiger partial charge on any atom is -0.354 e. The molecule has 10 nitrogen and oxygen atoms in total. The van der Waals surface area contributed by atoms with Crippen LogP contribution in [-0.4, -0.2) is 65.2 Å². The van der Waals surface area contributed by atoms with Crippen molar-refractivity contribution in [3.05, 3.63) is 30.0 Å². The molecule has 2 amide bonds. The van der Waals surface area contributed by atoms with Crippen molar-refractivity contribution in [2.24, 2.45) is 7.05 Å². The van der Waals surface area contributed by atoms with Gasteiger partial charge in [0.15, 0.2) is 11.4 Å². The summed E-state index contributed by atoms with van der Waals surface area (Å²) >= 11 is 0. The maximum atomic E-state index is 13.2. The predicted octanol–water partition coefficient (Wildman–Crippen LogP) is 1.86. The third kappa shape index (κ3) is 3.19. The van der Waals surface area contributed by atoms with Gasteiger partial charge in [0, 0.05) is 31.7 Å². The molecule has 0 unspecified atom stereocenters. The van der Waals surface area contributed by atoms with E-state index in [1.54, 1.807) is 27.6 Å².